The zero-order valence-corrected chi connectivity index (χ0v) is 17.1. The van der Waals surface area contributed by atoms with Crippen LogP contribution in [0.3, 0.4) is 0 Å². The van der Waals surface area contributed by atoms with Crippen molar-refractivity contribution in [1.82, 2.24) is 9.97 Å². The molecule has 0 N–H and O–H groups in total. The Morgan fingerprint density at radius 2 is 1.75 bits per heavy atom. The maximum absolute atomic E-state index is 11.5. The quantitative estimate of drug-likeness (QED) is 0.413. The molecule has 0 saturated carbocycles. The third-order valence-electron chi connectivity index (χ3n) is 3.56. The summed E-state index contributed by atoms with van der Waals surface area (Å²) < 4.78 is 15.9. The Labute approximate surface area is 169 Å². The molecule has 0 spiro atoms. The monoisotopic (exact) mass is 402 g/mol. The standard InChI is InChI=1S/C19H17ClN2O4.C2H6/c1-12-3-8-16-17(9-12)21-10-18(22-16)26-15-6-4-14(5-7-15)25-13(2)19(23)24-11-20;1-2/h3-10,13H,11H2,1-2H3;1-2H3. The van der Waals surface area contributed by atoms with E-state index in [1.807, 2.05) is 39.0 Å². The second kappa shape index (κ2) is 10.5. The number of benzene rings is 2. The van der Waals surface area contributed by atoms with Gasteiger partial charge in [0.05, 0.1) is 17.2 Å². The van der Waals surface area contributed by atoms with Crippen molar-refractivity contribution < 1.29 is 19.0 Å². The molecule has 0 aliphatic heterocycles. The summed E-state index contributed by atoms with van der Waals surface area (Å²) >= 11 is 5.36. The summed E-state index contributed by atoms with van der Waals surface area (Å²) in [6, 6.07) is 12.5. The first-order valence-corrected chi connectivity index (χ1v) is 9.49. The van der Waals surface area contributed by atoms with Crippen molar-refractivity contribution in [1.29, 1.82) is 0 Å². The van der Waals surface area contributed by atoms with E-state index in [0.29, 0.717) is 17.4 Å². The molecule has 0 amide bonds. The lowest BCUT2D eigenvalue weighted by Crippen LogP contribution is -2.25. The van der Waals surface area contributed by atoms with E-state index in [1.54, 1.807) is 37.4 Å². The number of aromatic nitrogens is 2. The Morgan fingerprint density at radius 3 is 2.43 bits per heavy atom. The van der Waals surface area contributed by atoms with Gasteiger partial charge in [-0.3, -0.25) is 0 Å². The Bertz CT molecular complexity index is 916. The highest BCUT2D eigenvalue weighted by atomic mass is 35.5. The number of nitrogens with zero attached hydrogens (tertiary/aromatic N) is 2. The lowest BCUT2D eigenvalue weighted by atomic mass is 10.2. The minimum absolute atomic E-state index is 0.203. The number of alkyl halides is 1. The number of rotatable bonds is 6. The summed E-state index contributed by atoms with van der Waals surface area (Å²) in [5.74, 6) is 0.960. The number of carbonyl (C=O) groups excluding carboxylic acids is 1. The van der Waals surface area contributed by atoms with Crippen LogP contribution in [0.4, 0.5) is 0 Å². The van der Waals surface area contributed by atoms with Crippen LogP contribution in [-0.4, -0.2) is 28.1 Å². The Balaban J connectivity index is 0.00000136. The van der Waals surface area contributed by atoms with Crippen LogP contribution in [0.1, 0.15) is 26.3 Å². The maximum Gasteiger partial charge on any atom is 0.348 e. The van der Waals surface area contributed by atoms with E-state index in [-0.39, 0.29) is 6.07 Å². The van der Waals surface area contributed by atoms with Gasteiger partial charge in [-0.05, 0) is 55.8 Å². The number of hydrogen-bond donors (Lipinski definition) is 0. The molecule has 1 aromatic heterocycles. The first-order chi connectivity index (χ1) is 13.5. The van der Waals surface area contributed by atoms with Gasteiger partial charge in [-0.25, -0.2) is 14.8 Å². The van der Waals surface area contributed by atoms with Crippen LogP contribution < -0.4 is 9.47 Å². The second-order valence-corrected chi connectivity index (χ2v) is 5.82. The van der Waals surface area contributed by atoms with E-state index in [1.165, 1.54) is 0 Å². The van der Waals surface area contributed by atoms with Crippen molar-refractivity contribution in [3.8, 4) is 17.4 Å². The molecule has 0 radical (unpaired) electrons. The molecule has 0 fully saturated rings. The molecule has 6 nitrogen and oxygen atoms in total. The highest BCUT2D eigenvalue weighted by molar-refractivity contribution is 6.17. The van der Waals surface area contributed by atoms with E-state index in [9.17, 15) is 4.79 Å². The molecule has 3 aromatic rings. The van der Waals surface area contributed by atoms with Gasteiger partial charge in [0.15, 0.2) is 12.2 Å². The first-order valence-electron chi connectivity index (χ1n) is 8.96. The Morgan fingerprint density at radius 1 is 1.07 bits per heavy atom. The third-order valence-corrected chi connectivity index (χ3v) is 3.67. The van der Waals surface area contributed by atoms with Crippen molar-refractivity contribution in [2.24, 2.45) is 0 Å². The smallest absolute Gasteiger partial charge is 0.348 e. The van der Waals surface area contributed by atoms with E-state index >= 15 is 0 Å². The SMILES string of the molecule is CC.Cc1ccc2nc(Oc3ccc(OC(C)C(=O)OCCl)cc3)cnc2c1. The fourth-order valence-electron chi connectivity index (χ4n) is 2.28. The van der Waals surface area contributed by atoms with Crippen molar-refractivity contribution in [3.63, 3.8) is 0 Å². The van der Waals surface area contributed by atoms with Crippen molar-refractivity contribution in [2.75, 3.05) is 6.07 Å². The second-order valence-electron chi connectivity index (χ2n) is 5.61. The molecular weight excluding hydrogens is 380 g/mol. The van der Waals surface area contributed by atoms with E-state index in [4.69, 9.17) is 21.1 Å². The van der Waals surface area contributed by atoms with Gasteiger partial charge in [0, 0.05) is 0 Å². The Hall–Kier alpha value is -2.86. The van der Waals surface area contributed by atoms with Gasteiger partial charge in [0.1, 0.15) is 11.5 Å². The summed E-state index contributed by atoms with van der Waals surface area (Å²) in [7, 11) is 0. The first kappa shape index (κ1) is 21.4. The molecule has 7 heteroatoms. The van der Waals surface area contributed by atoms with Gasteiger partial charge in [-0.15, -0.1) is 0 Å². The van der Waals surface area contributed by atoms with Gasteiger partial charge in [0.2, 0.25) is 5.88 Å². The summed E-state index contributed by atoms with van der Waals surface area (Å²) in [5.41, 5.74) is 2.71. The Kier molecular flexibility index (Phi) is 8.02. The van der Waals surface area contributed by atoms with Crippen molar-refractivity contribution >= 4 is 28.6 Å². The summed E-state index contributed by atoms with van der Waals surface area (Å²) in [5, 5.41) is 0. The zero-order valence-electron chi connectivity index (χ0n) is 16.3. The third kappa shape index (κ3) is 5.82. The molecule has 1 unspecified atom stereocenters. The predicted molar refractivity (Wildman–Crippen MR) is 109 cm³/mol. The number of carbonyl (C=O) groups is 1. The minimum Gasteiger partial charge on any atom is -0.479 e. The number of esters is 1. The number of fused-ring (bicyclic) bond motifs is 1. The zero-order chi connectivity index (χ0) is 20.5. The molecule has 0 aliphatic carbocycles. The molecule has 1 heterocycles. The number of halogens is 1. The van der Waals surface area contributed by atoms with Crippen LogP contribution in [0.15, 0.2) is 48.7 Å². The van der Waals surface area contributed by atoms with Gasteiger partial charge < -0.3 is 14.2 Å². The van der Waals surface area contributed by atoms with Crippen LogP contribution in [-0.2, 0) is 9.53 Å². The minimum atomic E-state index is -0.754. The molecule has 0 aliphatic rings. The summed E-state index contributed by atoms with van der Waals surface area (Å²) in [6.45, 7) is 7.59. The average molecular weight is 403 g/mol. The molecule has 28 heavy (non-hydrogen) atoms. The summed E-state index contributed by atoms with van der Waals surface area (Å²) in [4.78, 5) is 20.3. The lowest BCUT2D eigenvalue weighted by Gasteiger charge is -2.13. The molecule has 148 valence electrons. The van der Waals surface area contributed by atoms with Crippen LogP contribution in [0, 0.1) is 6.92 Å². The lowest BCUT2D eigenvalue weighted by molar-refractivity contribution is -0.148. The highest BCUT2D eigenvalue weighted by Gasteiger charge is 2.15. The normalized spacial score (nSPS) is 11.2. The van der Waals surface area contributed by atoms with E-state index in [0.717, 1.165) is 16.6 Å². The largest absolute Gasteiger partial charge is 0.479 e. The number of hydrogen-bond acceptors (Lipinski definition) is 6. The van der Waals surface area contributed by atoms with E-state index < -0.39 is 12.1 Å². The molecule has 0 saturated heterocycles. The van der Waals surface area contributed by atoms with Crippen LogP contribution >= 0.6 is 11.6 Å². The van der Waals surface area contributed by atoms with Gasteiger partial charge >= 0.3 is 5.97 Å². The van der Waals surface area contributed by atoms with Gasteiger partial charge in [0.25, 0.3) is 0 Å². The number of ether oxygens (including phenoxy) is 3. The molecule has 3 rings (SSSR count). The van der Waals surface area contributed by atoms with Gasteiger partial charge in [-0.1, -0.05) is 31.5 Å². The topological polar surface area (TPSA) is 70.5 Å². The summed E-state index contributed by atoms with van der Waals surface area (Å²) in [6.07, 6.45) is 0.825. The van der Waals surface area contributed by atoms with Crippen LogP contribution in [0.25, 0.3) is 11.0 Å². The highest BCUT2D eigenvalue weighted by Crippen LogP contribution is 2.24. The number of aryl methyl sites for hydroxylation is 1. The fraction of sp³-hybridized carbons (Fsp3) is 0.286. The van der Waals surface area contributed by atoms with E-state index in [2.05, 4.69) is 14.7 Å². The van der Waals surface area contributed by atoms with Gasteiger partial charge in [-0.2, -0.15) is 0 Å². The van der Waals surface area contributed by atoms with Crippen LogP contribution in [0.5, 0.6) is 17.4 Å². The fourth-order valence-corrected chi connectivity index (χ4v) is 2.39. The molecule has 1 atom stereocenters. The molecule has 2 aromatic carbocycles. The van der Waals surface area contributed by atoms with Crippen LogP contribution in [0.2, 0.25) is 0 Å². The maximum atomic E-state index is 11.5. The van der Waals surface area contributed by atoms with Crippen molar-refractivity contribution in [2.45, 2.75) is 33.8 Å². The van der Waals surface area contributed by atoms with Crippen molar-refractivity contribution in [3.05, 3.63) is 54.2 Å². The average Bonchev–Trinajstić information content (AvgIpc) is 2.71. The molecular formula is C21H23ClN2O4. The predicted octanol–water partition coefficient (Wildman–Crippen LogP) is 5.26. The molecule has 0 bridgehead atoms.